The molecule has 0 aliphatic carbocycles. The van der Waals surface area contributed by atoms with Crippen LogP contribution in [0.2, 0.25) is 0 Å². The topological polar surface area (TPSA) is 96.7 Å². The lowest BCUT2D eigenvalue weighted by Gasteiger charge is -2.05. The van der Waals surface area contributed by atoms with Gasteiger partial charge in [-0.25, -0.2) is 0 Å². The van der Waals surface area contributed by atoms with Crippen molar-refractivity contribution >= 4 is 5.91 Å². The number of aromatic nitrogens is 4. The monoisotopic (exact) mass is 297 g/mol. The zero-order chi connectivity index (χ0) is 15.5. The summed E-state index contributed by atoms with van der Waals surface area (Å²) in [5.74, 6) is 0.210. The number of hydrogen-bond acceptors (Lipinski definition) is 5. The molecule has 3 aromatic heterocycles. The van der Waals surface area contributed by atoms with Gasteiger partial charge >= 0.3 is 0 Å². The van der Waals surface area contributed by atoms with Crippen molar-refractivity contribution in [1.29, 1.82) is 0 Å². The Morgan fingerprint density at radius 3 is 2.91 bits per heavy atom. The van der Waals surface area contributed by atoms with Crippen LogP contribution >= 0.6 is 0 Å². The maximum Gasteiger partial charge on any atom is 0.257 e. The number of carbonyl (C=O) groups is 1. The summed E-state index contributed by atoms with van der Waals surface area (Å²) >= 11 is 0. The van der Waals surface area contributed by atoms with Crippen LogP contribution in [0.25, 0.3) is 11.4 Å². The predicted octanol–water partition coefficient (Wildman–Crippen LogP) is 2.01. The summed E-state index contributed by atoms with van der Waals surface area (Å²) < 4.78 is 5.16. The van der Waals surface area contributed by atoms with Gasteiger partial charge in [0.25, 0.3) is 5.91 Å². The third kappa shape index (κ3) is 2.60. The highest BCUT2D eigenvalue weighted by molar-refractivity contribution is 6.00. The van der Waals surface area contributed by atoms with Gasteiger partial charge in [-0.3, -0.25) is 14.9 Å². The van der Waals surface area contributed by atoms with Gasteiger partial charge in [0, 0.05) is 24.0 Å². The highest BCUT2D eigenvalue weighted by Gasteiger charge is 2.22. The normalized spacial score (nSPS) is 10.6. The van der Waals surface area contributed by atoms with Crippen molar-refractivity contribution < 1.29 is 9.32 Å². The first-order valence-corrected chi connectivity index (χ1v) is 6.81. The largest absolute Gasteiger partial charge is 0.360 e. The second-order valence-corrected chi connectivity index (χ2v) is 4.88. The van der Waals surface area contributed by atoms with E-state index in [0.717, 1.165) is 11.3 Å². The zero-order valence-corrected chi connectivity index (χ0v) is 12.3. The Kier molecular flexibility index (Phi) is 3.69. The Morgan fingerprint density at radius 2 is 2.23 bits per heavy atom. The van der Waals surface area contributed by atoms with Gasteiger partial charge < -0.3 is 9.84 Å². The molecule has 3 heterocycles. The van der Waals surface area contributed by atoms with Gasteiger partial charge in [-0.2, -0.15) is 5.10 Å². The number of carbonyl (C=O) groups excluding carboxylic acids is 1. The molecular weight excluding hydrogens is 282 g/mol. The number of hydrogen-bond donors (Lipinski definition) is 2. The summed E-state index contributed by atoms with van der Waals surface area (Å²) in [5.41, 5.74) is 3.30. The Hall–Kier alpha value is -2.96. The highest BCUT2D eigenvalue weighted by atomic mass is 16.5. The van der Waals surface area contributed by atoms with Gasteiger partial charge in [0.1, 0.15) is 17.0 Å². The lowest BCUT2D eigenvalue weighted by molar-refractivity contribution is 0.0950. The van der Waals surface area contributed by atoms with E-state index in [0.29, 0.717) is 29.3 Å². The SMILES string of the molecule is Cc1[nH]ncc1CNC(=O)c1c(-c2ccccn2)noc1C. The van der Waals surface area contributed by atoms with E-state index in [-0.39, 0.29) is 5.91 Å². The van der Waals surface area contributed by atoms with E-state index in [1.54, 1.807) is 31.5 Å². The summed E-state index contributed by atoms with van der Waals surface area (Å²) in [4.78, 5) is 16.7. The molecule has 0 aromatic carbocycles. The highest BCUT2D eigenvalue weighted by Crippen LogP contribution is 2.23. The Labute approximate surface area is 126 Å². The van der Waals surface area contributed by atoms with Gasteiger partial charge in [-0.05, 0) is 26.0 Å². The maximum absolute atomic E-state index is 12.5. The van der Waals surface area contributed by atoms with Gasteiger partial charge in [0.15, 0.2) is 0 Å². The first kappa shape index (κ1) is 14.0. The van der Waals surface area contributed by atoms with Crippen LogP contribution < -0.4 is 5.32 Å². The van der Waals surface area contributed by atoms with Crippen molar-refractivity contribution in [2.45, 2.75) is 20.4 Å². The summed E-state index contributed by atoms with van der Waals surface area (Å²) in [5, 5.41) is 13.6. The van der Waals surface area contributed by atoms with Crippen LogP contribution in [0.1, 0.15) is 27.4 Å². The quantitative estimate of drug-likeness (QED) is 0.767. The second kappa shape index (κ2) is 5.80. The molecule has 1 amide bonds. The average Bonchev–Trinajstić information content (AvgIpc) is 3.11. The second-order valence-electron chi connectivity index (χ2n) is 4.88. The van der Waals surface area contributed by atoms with Crippen LogP contribution in [0.5, 0.6) is 0 Å². The van der Waals surface area contributed by atoms with Crippen LogP contribution in [0, 0.1) is 13.8 Å². The Balaban J connectivity index is 1.84. The molecule has 0 spiro atoms. The molecule has 2 N–H and O–H groups in total. The molecular formula is C15H15N5O2. The van der Waals surface area contributed by atoms with Crippen molar-refractivity contribution in [3.05, 3.63) is 53.2 Å². The van der Waals surface area contributed by atoms with Crippen molar-refractivity contribution in [3.63, 3.8) is 0 Å². The summed E-state index contributed by atoms with van der Waals surface area (Å²) in [7, 11) is 0. The van der Waals surface area contributed by atoms with E-state index >= 15 is 0 Å². The standard InChI is InChI=1S/C15H15N5O2/c1-9-11(8-18-19-9)7-17-15(21)13-10(2)22-20-14(13)12-5-3-4-6-16-12/h3-6,8H,7H2,1-2H3,(H,17,21)(H,18,19). The fraction of sp³-hybridized carbons (Fsp3) is 0.200. The van der Waals surface area contributed by atoms with Crippen LogP contribution in [-0.4, -0.2) is 26.2 Å². The number of aromatic amines is 1. The molecule has 0 atom stereocenters. The molecule has 3 rings (SSSR count). The molecule has 0 bridgehead atoms. The molecule has 0 saturated heterocycles. The molecule has 3 aromatic rings. The first-order chi connectivity index (χ1) is 10.7. The summed E-state index contributed by atoms with van der Waals surface area (Å²) in [6.45, 7) is 3.99. The smallest absolute Gasteiger partial charge is 0.257 e. The fourth-order valence-electron chi connectivity index (χ4n) is 2.13. The van der Waals surface area contributed by atoms with Gasteiger partial charge in [0.2, 0.25) is 0 Å². The van der Waals surface area contributed by atoms with Crippen molar-refractivity contribution in [2.24, 2.45) is 0 Å². The number of nitrogens with one attached hydrogen (secondary N) is 2. The average molecular weight is 297 g/mol. The van der Waals surface area contributed by atoms with Crippen molar-refractivity contribution in [2.75, 3.05) is 0 Å². The first-order valence-electron chi connectivity index (χ1n) is 6.81. The van der Waals surface area contributed by atoms with E-state index in [4.69, 9.17) is 4.52 Å². The van der Waals surface area contributed by atoms with Gasteiger partial charge in [-0.15, -0.1) is 0 Å². The minimum Gasteiger partial charge on any atom is -0.360 e. The van der Waals surface area contributed by atoms with Gasteiger partial charge in [-0.1, -0.05) is 11.2 Å². The molecule has 22 heavy (non-hydrogen) atoms. The number of rotatable bonds is 4. The maximum atomic E-state index is 12.5. The van der Waals surface area contributed by atoms with Crippen LogP contribution in [-0.2, 0) is 6.54 Å². The minimum absolute atomic E-state index is 0.250. The van der Waals surface area contributed by atoms with E-state index in [2.05, 4.69) is 25.7 Å². The van der Waals surface area contributed by atoms with E-state index < -0.39 is 0 Å². The van der Waals surface area contributed by atoms with Crippen molar-refractivity contribution in [3.8, 4) is 11.4 Å². The molecule has 112 valence electrons. The lowest BCUT2D eigenvalue weighted by atomic mass is 10.1. The number of H-pyrrole nitrogens is 1. The van der Waals surface area contributed by atoms with Crippen LogP contribution in [0.15, 0.2) is 35.1 Å². The summed E-state index contributed by atoms with van der Waals surface area (Å²) in [6, 6.07) is 5.43. The zero-order valence-electron chi connectivity index (χ0n) is 12.3. The van der Waals surface area contributed by atoms with E-state index in [9.17, 15) is 4.79 Å². The molecule has 0 saturated carbocycles. The number of aryl methyl sites for hydroxylation is 2. The van der Waals surface area contributed by atoms with E-state index in [1.165, 1.54) is 0 Å². The Bertz CT molecular complexity index is 791. The minimum atomic E-state index is -0.250. The number of nitrogens with zero attached hydrogens (tertiary/aromatic N) is 3. The third-order valence-corrected chi connectivity index (χ3v) is 3.37. The van der Waals surface area contributed by atoms with Gasteiger partial charge in [0.05, 0.1) is 11.9 Å². The molecule has 0 aliphatic heterocycles. The molecule has 0 aliphatic rings. The number of amides is 1. The molecule has 0 fully saturated rings. The molecule has 0 unspecified atom stereocenters. The van der Waals surface area contributed by atoms with Crippen molar-refractivity contribution in [1.82, 2.24) is 25.7 Å². The number of pyridine rings is 1. The molecule has 7 nitrogen and oxygen atoms in total. The predicted molar refractivity (Wildman–Crippen MR) is 79.0 cm³/mol. The van der Waals surface area contributed by atoms with Crippen LogP contribution in [0.3, 0.4) is 0 Å². The third-order valence-electron chi connectivity index (χ3n) is 3.37. The van der Waals surface area contributed by atoms with Crippen LogP contribution in [0.4, 0.5) is 0 Å². The summed E-state index contributed by atoms with van der Waals surface area (Å²) in [6.07, 6.45) is 3.34. The van der Waals surface area contributed by atoms with E-state index in [1.807, 2.05) is 13.0 Å². The molecule has 7 heteroatoms. The lowest BCUT2D eigenvalue weighted by Crippen LogP contribution is -2.23. The fourth-order valence-corrected chi connectivity index (χ4v) is 2.13. The molecule has 0 radical (unpaired) electrons. The Morgan fingerprint density at radius 1 is 1.36 bits per heavy atom.